The number of nitrogens with zero attached hydrogens (tertiary/aromatic N) is 2. The molecular formula is C16H18N2O4S. The highest BCUT2D eigenvalue weighted by Gasteiger charge is 2.33. The van der Waals surface area contributed by atoms with E-state index >= 15 is 0 Å². The quantitative estimate of drug-likeness (QED) is 0.850. The third-order valence-electron chi connectivity index (χ3n) is 4.19. The number of pyridine rings is 1. The molecule has 0 bridgehead atoms. The van der Waals surface area contributed by atoms with E-state index in [1.807, 2.05) is 24.3 Å². The number of carbonyl (C=O) groups excluding carboxylic acids is 1. The van der Waals surface area contributed by atoms with E-state index in [9.17, 15) is 13.2 Å². The Bertz CT molecular complexity index is 864. The molecule has 2 aromatic rings. The van der Waals surface area contributed by atoms with E-state index in [2.05, 4.69) is 4.98 Å². The van der Waals surface area contributed by atoms with Gasteiger partial charge in [0.15, 0.2) is 9.84 Å². The SMILES string of the molecule is COc1nc(C(=O)N(C)C2CCS(=O)(=O)C2)cc2ccccc12. The summed E-state index contributed by atoms with van der Waals surface area (Å²) in [6, 6.07) is 8.93. The Labute approximate surface area is 135 Å². The minimum absolute atomic E-state index is 0.0138. The fourth-order valence-electron chi connectivity index (χ4n) is 2.86. The van der Waals surface area contributed by atoms with Gasteiger partial charge in [-0.2, -0.15) is 0 Å². The minimum Gasteiger partial charge on any atom is -0.481 e. The van der Waals surface area contributed by atoms with E-state index in [4.69, 9.17) is 4.74 Å². The minimum atomic E-state index is -3.04. The summed E-state index contributed by atoms with van der Waals surface area (Å²) in [5, 5.41) is 1.69. The van der Waals surface area contributed by atoms with Gasteiger partial charge in [0.25, 0.3) is 5.91 Å². The number of amides is 1. The number of aromatic nitrogens is 1. The molecule has 6 nitrogen and oxygen atoms in total. The van der Waals surface area contributed by atoms with E-state index in [0.29, 0.717) is 12.3 Å². The number of hydrogen-bond acceptors (Lipinski definition) is 5. The molecule has 0 spiro atoms. The zero-order valence-corrected chi connectivity index (χ0v) is 13.8. The van der Waals surface area contributed by atoms with Crippen molar-refractivity contribution < 1.29 is 17.9 Å². The van der Waals surface area contributed by atoms with Crippen LogP contribution in [0.15, 0.2) is 30.3 Å². The summed E-state index contributed by atoms with van der Waals surface area (Å²) in [4.78, 5) is 18.4. The van der Waals surface area contributed by atoms with Gasteiger partial charge in [-0.3, -0.25) is 4.79 Å². The van der Waals surface area contributed by atoms with Crippen LogP contribution in [0.1, 0.15) is 16.9 Å². The first kappa shape index (κ1) is 15.7. The molecule has 1 saturated heterocycles. The maximum Gasteiger partial charge on any atom is 0.272 e. The zero-order valence-electron chi connectivity index (χ0n) is 13.0. The molecule has 7 heteroatoms. The summed E-state index contributed by atoms with van der Waals surface area (Å²) in [7, 11) is 0.0897. The number of carbonyl (C=O) groups is 1. The van der Waals surface area contributed by atoms with Gasteiger partial charge in [-0.05, 0) is 23.9 Å². The molecule has 3 rings (SSSR count). The predicted molar refractivity (Wildman–Crippen MR) is 87.4 cm³/mol. The molecular weight excluding hydrogens is 316 g/mol. The first-order chi connectivity index (χ1) is 10.9. The van der Waals surface area contributed by atoms with Crippen LogP contribution in [0.25, 0.3) is 10.8 Å². The summed E-state index contributed by atoms with van der Waals surface area (Å²) in [6.07, 6.45) is 0.468. The molecule has 1 aromatic heterocycles. The molecule has 2 heterocycles. The van der Waals surface area contributed by atoms with Crippen LogP contribution in [0.5, 0.6) is 5.88 Å². The number of fused-ring (bicyclic) bond motifs is 1. The summed E-state index contributed by atoms with van der Waals surface area (Å²) in [5.41, 5.74) is 0.257. The van der Waals surface area contributed by atoms with E-state index in [1.165, 1.54) is 12.0 Å². The first-order valence-corrected chi connectivity index (χ1v) is 9.15. The van der Waals surface area contributed by atoms with Gasteiger partial charge in [-0.15, -0.1) is 0 Å². The van der Waals surface area contributed by atoms with Crippen molar-refractivity contribution in [3.63, 3.8) is 0 Å². The average molecular weight is 334 g/mol. The van der Waals surface area contributed by atoms with Gasteiger partial charge in [0.1, 0.15) is 5.69 Å². The lowest BCUT2D eigenvalue weighted by atomic mass is 10.1. The van der Waals surface area contributed by atoms with Crippen molar-refractivity contribution in [2.45, 2.75) is 12.5 Å². The Morgan fingerprint density at radius 2 is 2.09 bits per heavy atom. The largest absolute Gasteiger partial charge is 0.481 e. The maximum absolute atomic E-state index is 12.7. The van der Waals surface area contributed by atoms with Crippen LogP contribution in [-0.4, -0.2) is 55.9 Å². The number of methoxy groups -OCH3 is 1. The van der Waals surface area contributed by atoms with Crippen LogP contribution in [0.2, 0.25) is 0 Å². The Balaban J connectivity index is 1.94. The van der Waals surface area contributed by atoms with Gasteiger partial charge in [0.05, 0.1) is 18.6 Å². The van der Waals surface area contributed by atoms with E-state index < -0.39 is 9.84 Å². The fourth-order valence-corrected chi connectivity index (χ4v) is 4.63. The lowest BCUT2D eigenvalue weighted by Gasteiger charge is -2.23. The molecule has 1 aliphatic heterocycles. The molecule has 0 aliphatic carbocycles. The molecule has 1 unspecified atom stereocenters. The lowest BCUT2D eigenvalue weighted by molar-refractivity contribution is 0.0741. The summed E-state index contributed by atoms with van der Waals surface area (Å²) in [6.45, 7) is 0. The van der Waals surface area contributed by atoms with E-state index in [1.54, 1.807) is 13.1 Å². The van der Waals surface area contributed by atoms with Gasteiger partial charge in [-0.25, -0.2) is 13.4 Å². The molecule has 0 N–H and O–H groups in total. The topological polar surface area (TPSA) is 76.6 Å². The molecule has 1 aromatic carbocycles. The van der Waals surface area contributed by atoms with Crippen LogP contribution in [0, 0.1) is 0 Å². The summed E-state index contributed by atoms with van der Waals surface area (Å²) >= 11 is 0. The van der Waals surface area contributed by atoms with Crippen LogP contribution in [0.4, 0.5) is 0 Å². The highest BCUT2D eigenvalue weighted by molar-refractivity contribution is 7.91. The van der Waals surface area contributed by atoms with Crippen LogP contribution >= 0.6 is 0 Å². The second kappa shape index (κ2) is 5.81. The second-order valence-corrected chi connectivity index (χ2v) is 7.94. The highest BCUT2D eigenvalue weighted by atomic mass is 32.2. The summed E-state index contributed by atoms with van der Waals surface area (Å²) in [5.74, 6) is 0.235. The van der Waals surface area contributed by atoms with Crippen molar-refractivity contribution >= 4 is 26.5 Å². The smallest absolute Gasteiger partial charge is 0.272 e. The first-order valence-electron chi connectivity index (χ1n) is 7.32. The van der Waals surface area contributed by atoms with Crippen molar-refractivity contribution in [1.82, 2.24) is 9.88 Å². The van der Waals surface area contributed by atoms with Crippen molar-refractivity contribution in [2.75, 3.05) is 25.7 Å². The Hall–Kier alpha value is -2.15. The second-order valence-electron chi connectivity index (χ2n) is 5.71. The Morgan fingerprint density at radius 3 is 2.74 bits per heavy atom. The molecule has 0 saturated carbocycles. The normalized spacial score (nSPS) is 19.7. The fraction of sp³-hybridized carbons (Fsp3) is 0.375. The van der Waals surface area contributed by atoms with Crippen molar-refractivity contribution in [3.05, 3.63) is 36.0 Å². The van der Waals surface area contributed by atoms with Crippen molar-refractivity contribution in [1.29, 1.82) is 0 Å². The Kier molecular flexibility index (Phi) is 3.97. The predicted octanol–water partition coefficient (Wildman–Crippen LogP) is 1.50. The van der Waals surface area contributed by atoms with Gasteiger partial charge < -0.3 is 9.64 Å². The molecule has 1 amide bonds. The average Bonchev–Trinajstić information content (AvgIpc) is 2.92. The van der Waals surface area contributed by atoms with Crippen LogP contribution in [0.3, 0.4) is 0 Å². The molecule has 1 fully saturated rings. The number of hydrogen-bond donors (Lipinski definition) is 0. The molecule has 122 valence electrons. The van der Waals surface area contributed by atoms with Crippen molar-refractivity contribution in [2.24, 2.45) is 0 Å². The standard InChI is InChI=1S/C16H18N2O4S/c1-18(12-7-8-23(20,21)10-12)16(19)14-9-11-5-3-4-6-13(11)15(17-14)22-2/h3-6,9,12H,7-8,10H2,1-2H3. The highest BCUT2D eigenvalue weighted by Crippen LogP contribution is 2.25. The maximum atomic E-state index is 12.7. The molecule has 23 heavy (non-hydrogen) atoms. The number of sulfone groups is 1. The van der Waals surface area contributed by atoms with E-state index in [0.717, 1.165) is 10.8 Å². The monoisotopic (exact) mass is 334 g/mol. The van der Waals surface area contributed by atoms with Gasteiger partial charge in [0.2, 0.25) is 5.88 Å². The molecule has 1 atom stereocenters. The molecule has 0 radical (unpaired) electrons. The summed E-state index contributed by atoms with van der Waals surface area (Å²) < 4.78 is 28.5. The van der Waals surface area contributed by atoms with E-state index in [-0.39, 0.29) is 29.1 Å². The van der Waals surface area contributed by atoms with Gasteiger partial charge in [0, 0.05) is 18.5 Å². The number of benzene rings is 1. The van der Waals surface area contributed by atoms with Crippen LogP contribution < -0.4 is 4.74 Å². The van der Waals surface area contributed by atoms with Crippen LogP contribution in [-0.2, 0) is 9.84 Å². The van der Waals surface area contributed by atoms with Gasteiger partial charge in [-0.1, -0.05) is 18.2 Å². The third kappa shape index (κ3) is 3.01. The van der Waals surface area contributed by atoms with Crippen molar-refractivity contribution in [3.8, 4) is 5.88 Å². The number of rotatable bonds is 3. The third-order valence-corrected chi connectivity index (χ3v) is 5.94. The van der Waals surface area contributed by atoms with Gasteiger partial charge >= 0.3 is 0 Å². The zero-order chi connectivity index (χ0) is 16.6. The number of ether oxygens (including phenoxy) is 1. The Morgan fingerprint density at radius 1 is 1.35 bits per heavy atom. The molecule has 1 aliphatic rings. The lowest BCUT2D eigenvalue weighted by Crippen LogP contribution is -2.38.